The summed E-state index contributed by atoms with van der Waals surface area (Å²) in [6.07, 6.45) is 1.70. The molecule has 0 unspecified atom stereocenters. The number of hydrogen-bond acceptors (Lipinski definition) is 4. The van der Waals surface area contributed by atoms with Crippen LogP contribution in [-0.2, 0) is 0 Å². The summed E-state index contributed by atoms with van der Waals surface area (Å²) in [5, 5.41) is 7.96. The molecule has 4 nitrogen and oxygen atoms in total. The molecule has 74 valence electrons. The minimum Gasteiger partial charge on any atom is -0.336 e. The van der Waals surface area contributed by atoms with E-state index in [2.05, 4.69) is 20.1 Å². The van der Waals surface area contributed by atoms with Crippen LogP contribution in [0.3, 0.4) is 0 Å². The average Bonchev–Trinajstić information content (AvgIpc) is 3.14. The van der Waals surface area contributed by atoms with Gasteiger partial charge in [0.05, 0.1) is 11.9 Å². The van der Waals surface area contributed by atoms with Gasteiger partial charge in [0.2, 0.25) is 5.95 Å². The van der Waals surface area contributed by atoms with Gasteiger partial charge in [-0.25, -0.2) is 4.98 Å². The highest BCUT2D eigenvalue weighted by Crippen LogP contribution is 2.19. The zero-order valence-electron chi connectivity index (χ0n) is 8.17. The first-order chi connectivity index (χ1) is 7.43. The second-order valence-corrected chi connectivity index (χ2v) is 3.49. The minimum atomic E-state index is 0.733. The van der Waals surface area contributed by atoms with Crippen molar-refractivity contribution in [3.05, 3.63) is 36.5 Å². The Morgan fingerprint density at radius 2 is 1.87 bits per heavy atom. The van der Waals surface area contributed by atoms with Crippen LogP contribution in [0.1, 0.15) is 0 Å². The zero-order valence-corrected chi connectivity index (χ0v) is 8.17. The predicted octanol–water partition coefficient (Wildman–Crippen LogP) is 1.36. The standard InChI is InChI=1S/C11H10N4/c1-2-4-9(5-3-1)10-8-12-14-11(13-10)15-6-7-15/h1-5,8H,6-7H2. The summed E-state index contributed by atoms with van der Waals surface area (Å²) in [7, 11) is 0. The molecule has 0 aliphatic carbocycles. The fourth-order valence-corrected chi connectivity index (χ4v) is 1.43. The van der Waals surface area contributed by atoms with Crippen molar-refractivity contribution < 1.29 is 0 Å². The Morgan fingerprint density at radius 3 is 2.60 bits per heavy atom. The Morgan fingerprint density at radius 1 is 1.07 bits per heavy atom. The van der Waals surface area contributed by atoms with Gasteiger partial charge in [-0.3, -0.25) is 0 Å². The highest BCUT2D eigenvalue weighted by molar-refractivity contribution is 5.59. The van der Waals surface area contributed by atoms with Crippen LogP contribution in [0, 0.1) is 0 Å². The lowest BCUT2D eigenvalue weighted by atomic mass is 10.2. The number of aromatic nitrogens is 3. The monoisotopic (exact) mass is 198 g/mol. The number of benzene rings is 1. The minimum absolute atomic E-state index is 0.733. The highest BCUT2D eigenvalue weighted by atomic mass is 15.4. The van der Waals surface area contributed by atoms with Crippen LogP contribution in [-0.4, -0.2) is 28.3 Å². The molecule has 2 heterocycles. The molecular formula is C11H10N4. The topological polar surface area (TPSA) is 41.7 Å². The zero-order chi connectivity index (χ0) is 10.1. The Hall–Kier alpha value is -1.97. The van der Waals surface area contributed by atoms with Gasteiger partial charge in [-0.05, 0) is 0 Å². The fourth-order valence-electron chi connectivity index (χ4n) is 1.43. The summed E-state index contributed by atoms with van der Waals surface area (Å²) in [6, 6.07) is 10.0. The van der Waals surface area contributed by atoms with E-state index in [9.17, 15) is 0 Å². The molecule has 3 rings (SSSR count). The average molecular weight is 198 g/mol. The molecule has 0 spiro atoms. The van der Waals surface area contributed by atoms with Gasteiger partial charge in [0.15, 0.2) is 0 Å². The molecular weight excluding hydrogens is 188 g/mol. The fraction of sp³-hybridized carbons (Fsp3) is 0.182. The molecule has 1 saturated heterocycles. The number of anilines is 1. The van der Waals surface area contributed by atoms with E-state index in [-0.39, 0.29) is 0 Å². The molecule has 0 atom stereocenters. The predicted molar refractivity (Wildman–Crippen MR) is 57.5 cm³/mol. The third-order valence-corrected chi connectivity index (χ3v) is 2.35. The van der Waals surface area contributed by atoms with Crippen LogP contribution in [0.4, 0.5) is 5.95 Å². The summed E-state index contributed by atoms with van der Waals surface area (Å²) >= 11 is 0. The molecule has 2 aromatic rings. The van der Waals surface area contributed by atoms with Gasteiger partial charge >= 0.3 is 0 Å². The first-order valence-electron chi connectivity index (χ1n) is 4.93. The van der Waals surface area contributed by atoms with Crippen molar-refractivity contribution in [3.63, 3.8) is 0 Å². The molecule has 0 radical (unpaired) electrons. The van der Waals surface area contributed by atoms with Gasteiger partial charge < -0.3 is 4.90 Å². The van der Waals surface area contributed by atoms with Crippen LogP contribution in [0.15, 0.2) is 36.5 Å². The third-order valence-electron chi connectivity index (χ3n) is 2.35. The normalized spacial score (nSPS) is 14.0. The number of nitrogens with zero attached hydrogens (tertiary/aromatic N) is 4. The summed E-state index contributed by atoms with van der Waals surface area (Å²) in [6.45, 7) is 2.08. The second-order valence-electron chi connectivity index (χ2n) is 3.49. The van der Waals surface area contributed by atoms with Gasteiger partial charge in [-0.2, -0.15) is 5.10 Å². The SMILES string of the molecule is c1ccc(-c2cnnc(N3CC3)n2)cc1. The Labute approximate surface area is 87.6 Å². The quantitative estimate of drug-likeness (QED) is 0.683. The summed E-state index contributed by atoms with van der Waals surface area (Å²) < 4.78 is 0. The Balaban J connectivity index is 2.01. The van der Waals surface area contributed by atoms with E-state index in [0.717, 1.165) is 30.3 Å². The molecule has 15 heavy (non-hydrogen) atoms. The van der Waals surface area contributed by atoms with E-state index in [1.54, 1.807) is 6.20 Å². The van der Waals surface area contributed by atoms with Gasteiger partial charge in [0.25, 0.3) is 0 Å². The molecule has 1 aromatic carbocycles. The first-order valence-corrected chi connectivity index (χ1v) is 4.93. The van der Waals surface area contributed by atoms with Crippen LogP contribution in [0.2, 0.25) is 0 Å². The molecule has 0 N–H and O–H groups in total. The van der Waals surface area contributed by atoms with Gasteiger partial charge in [0.1, 0.15) is 0 Å². The maximum atomic E-state index is 4.46. The molecule has 0 amide bonds. The molecule has 0 saturated carbocycles. The highest BCUT2D eigenvalue weighted by Gasteiger charge is 2.21. The van der Waals surface area contributed by atoms with Crippen LogP contribution in [0.5, 0.6) is 0 Å². The third kappa shape index (κ3) is 1.66. The molecule has 1 aliphatic rings. The van der Waals surface area contributed by atoms with Gasteiger partial charge in [-0.15, -0.1) is 5.10 Å². The molecule has 1 aliphatic heterocycles. The van der Waals surface area contributed by atoms with Crippen molar-refractivity contribution in [1.82, 2.24) is 15.2 Å². The van der Waals surface area contributed by atoms with Crippen molar-refractivity contribution in [2.24, 2.45) is 0 Å². The number of hydrogen-bond donors (Lipinski definition) is 0. The lowest BCUT2D eigenvalue weighted by Gasteiger charge is -2.02. The van der Waals surface area contributed by atoms with E-state index < -0.39 is 0 Å². The van der Waals surface area contributed by atoms with Crippen molar-refractivity contribution in [2.75, 3.05) is 18.0 Å². The van der Waals surface area contributed by atoms with E-state index in [4.69, 9.17) is 0 Å². The first kappa shape index (κ1) is 8.35. The van der Waals surface area contributed by atoms with E-state index in [0.29, 0.717) is 0 Å². The maximum absolute atomic E-state index is 4.46. The van der Waals surface area contributed by atoms with Crippen molar-refractivity contribution >= 4 is 5.95 Å². The summed E-state index contributed by atoms with van der Waals surface area (Å²) in [5.74, 6) is 0.733. The lowest BCUT2D eigenvalue weighted by molar-refractivity contribution is 0.957. The van der Waals surface area contributed by atoms with Crippen LogP contribution >= 0.6 is 0 Å². The van der Waals surface area contributed by atoms with Crippen LogP contribution in [0.25, 0.3) is 11.3 Å². The summed E-state index contributed by atoms with van der Waals surface area (Å²) in [5.41, 5.74) is 1.96. The van der Waals surface area contributed by atoms with E-state index >= 15 is 0 Å². The van der Waals surface area contributed by atoms with Crippen molar-refractivity contribution in [3.8, 4) is 11.3 Å². The molecule has 0 bridgehead atoms. The molecule has 1 aromatic heterocycles. The van der Waals surface area contributed by atoms with Crippen molar-refractivity contribution in [2.45, 2.75) is 0 Å². The molecule has 4 heteroatoms. The summed E-state index contributed by atoms with van der Waals surface area (Å²) in [4.78, 5) is 6.54. The smallest absolute Gasteiger partial charge is 0.246 e. The van der Waals surface area contributed by atoms with E-state index in [1.165, 1.54) is 0 Å². The Bertz CT molecular complexity index is 465. The van der Waals surface area contributed by atoms with Gasteiger partial charge in [0, 0.05) is 18.7 Å². The molecule has 1 fully saturated rings. The Kier molecular flexibility index (Phi) is 1.84. The van der Waals surface area contributed by atoms with E-state index in [1.807, 2.05) is 30.3 Å². The largest absolute Gasteiger partial charge is 0.336 e. The van der Waals surface area contributed by atoms with Crippen molar-refractivity contribution in [1.29, 1.82) is 0 Å². The van der Waals surface area contributed by atoms with Crippen LogP contribution < -0.4 is 4.90 Å². The van der Waals surface area contributed by atoms with Gasteiger partial charge in [-0.1, -0.05) is 30.3 Å². The number of rotatable bonds is 2. The second kappa shape index (κ2) is 3.31. The lowest BCUT2D eigenvalue weighted by Crippen LogP contribution is -2.01. The maximum Gasteiger partial charge on any atom is 0.246 e.